The fraction of sp³-hybridized carbons (Fsp3) is 0.455. The lowest BCUT2D eigenvalue weighted by Crippen LogP contribution is -2.10. The number of hydrogen-bond acceptors (Lipinski definition) is 3. The Balaban J connectivity index is 0.000000921. The molecule has 0 atom stereocenters. The molecule has 0 saturated carbocycles. The van der Waals surface area contributed by atoms with Gasteiger partial charge in [-0.25, -0.2) is 0 Å². The van der Waals surface area contributed by atoms with E-state index in [-0.39, 0.29) is 10.6 Å². The van der Waals surface area contributed by atoms with Gasteiger partial charge in [-0.1, -0.05) is 26.0 Å². The van der Waals surface area contributed by atoms with Crippen LogP contribution in [-0.2, 0) is 6.42 Å². The van der Waals surface area contributed by atoms with E-state index in [0.29, 0.717) is 0 Å². The standard InChI is InChI=1S/C9H12N2O2.C2H6/c1-10-7-6-8-2-4-9(5-3-8)11(12)13;1-2/h2-5,10H,6-7H2,1H3;1-2H3. The van der Waals surface area contributed by atoms with Crippen LogP contribution in [0.4, 0.5) is 5.69 Å². The second kappa shape index (κ2) is 7.94. The van der Waals surface area contributed by atoms with Gasteiger partial charge in [-0.05, 0) is 25.6 Å². The van der Waals surface area contributed by atoms with Crippen LogP contribution in [0.25, 0.3) is 0 Å². The normalized spacial score (nSPS) is 9.00. The molecule has 1 N–H and O–H groups in total. The Morgan fingerprint density at radius 2 is 1.80 bits per heavy atom. The molecule has 84 valence electrons. The number of likely N-dealkylation sites (N-methyl/N-ethyl adjacent to an activating group) is 1. The summed E-state index contributed by atoms with van der Waals surface area (Å²) < 4.78 is 0. The molecule has 4 nitrogen and oxygen atoms in total. The van der Waals surface area contributed by atoms with Crippen LogP contribution >= 0.6 is 0 Å². The zero-order valence-corrected chi connectivity index (χ0v) is 9.49. The van der Waals surface area contributed by atoms with Crippen LogP contribution < -0.4 is 5.32 Å². The van der Waals surface area contributed by atoms with Crippen LogP contribution in [0.3, 0.4) is 0 Å². The van der Waals surface area contributed by atoms with E-state index in [4.69, 9.17) is 0 Å². The minimum absolute atomic E-state index is 0.146. The molecule has 0 aliphatic carbocycles. The molecular formula is C11H18N2O2. The maximum Gasteiger partial charge on any atom is 0.269 e. The van der Waals surface area contributed by atoms with Gasteiger partial charge in [0.1, 0.15) is 0 Å². The SMILES string of the molecule is CC.CNCCc1ccc([N+](=O)[O-])cc1. The van der Waals surface area contributed by atoms with E-state index >= 15 is 0 Å². The third-order valence-electron chi connectivity index (χ3n) is 1.81. The van der Waals surface area contributed by atoms with Gasteiger partial charge in [0.2, 0.25) is 0 Å². The molecule has 0 aliphatic rings. The molecule has 0 spiro atoms. The summed E-state index contributed by atoms with van der Waals surface area (Å²) in [6.07, 6.45) is 0.897. The van der Waals surface area contributed by atoms with Crippen LogP contribution in [0.15, 0.2) is 24.3 Å². The van der Waals surface area contributed by atoms with Gasteiger partial charge in [-0.3, -0.25) is 10.1 Å². The quantitative estimate of drug-likeness (QED) is 0.613. The van der Waals surface area contributed by atoms with Gasteiger partial charge in [-0.2, -0.15) is 0 Å². The first-order valence-corrected chi connectivity index (χ1v) is 5.12. The van der Waals surface area contributed by atoms with Crippen LogP contribution in [-0.4, -0.2) is 18.5 Å². The van der Waals surface area contributed by atoms with E-state index in [1.54, 1.807) is 12.1 Å². The molecule has 0 aromatic heterocycles. The van der Waals surface area contributed by atoms with E-state index < -0.39 is 0 Å². The predicted octanol–water partition coefficient (Wildman–Crippen LogP) is 2.38. The lowest BCUT2D eigenvalue weighted by Gasteiger charge is -1.99. The summed E-state index contributed by atoms with van der Waals surface area (Å²) in [6, 6.07) is 6.64. The van der Waals surface area contributed by atoms with Crippen molar-refractivity contribution < 1.29 is 4.92 Å². The van der Waals surface area contributed by atoms with E-state index in [1.165, 1.54) is 12.1 Å². The summed E-state index contributed by atoms with van der Waals surface area (Å²) >= 11 is 0. The molecule has 0 saturated heterocycles. The molecule has 1 aromatic rings. The van der Waals surface area contributed by atoms with Crippen molar-refractivity contribution in [2.75, 3.05) is 13.6 Å². The highest BCUT2D eigenvalue weighted by Crippen LogP contribution is 2.11. The van der Waals surface area contributed by atoms with Gasteiger partial charge < -0.3 is 5.32 Å². The number of nitrogens with one attached hydrogen (secondary N) is 1. The van der Waals surface area contributed by atoms with Gasteiger partial charge in [-0.15, -0.1) is 0 Å². The number of hydrogen-bond donors (Lipinski definition) is 1. The summed E-state index contributed by atoms with van der Waals surface area (Å²) in [5.41, 5.74) is 1.26. The first-order chi connectivity index (χ1) is 7.24. The molecule has 0 bridgehead atoms. The molecule has 0 fully saturated rings. The van der Waals surface area contributed by atoms with Gasteiger partial charge in [0.05, 0.1) is 4.92 Å². The fourth-order valence-electron chi connectivity index (χ4n) is 1.05. The highest BCUT2D eigenvalue weighted by Gasteiger charge is 2.02. The van der Waals surface area contributed by atoms with Crippen molar-refractivity contribution in [1.29, 1.82) is 0 Å². The molecule has 0 aliphatic heterocycles. The lowest BCUT2D eigenvalue weighted by molar-refractivity contribution is -0.384. The second-order valence-electron chi connectivity index (χ2n) is 2.78. The van der Waals surface area contributed by atoms with E-state index in [2.05, 4.69) is 5.32 Å². The Hall–Kier alpha value is -1.42. The predicted molar refractivity (Wildman–Crippen MR) is 62.1 cm³/mol. The maximum absolute atomic E-state index is 10.3. The summed E-state index contributed by atoms with van der Waals surface area (Å²) in [6.45, 7) is 4.89. The monoisotopic (exact) mass is 210 g/mol. The first kappa shape index (κ1) is 13.6. The Morgan fingerprint density at radius 1 is 1.27 bits per heavy atom. The summed E-state index contributed by atoms with van der Waals surface area (Å²) in [5.74, 6) is 0. The maximum atomic E-state index is 10.3. The number of benzene rings is 1. The lowest BCUT2D eigenvalue weighted by atomic mass is 10.1. The average molecular weight is 210 g/mol. The summed E-state index contributed by atoms with van der Waals surface area (Å²) in [5, 5.41) is 13.3. The molecule has 1 aromatic carbocycles. The molecule has 0 radical (unpaired) electrons. The summed E-state index contributed by atoms with van der Waals surface area (Å²) in [7, 11) is 1.88. The van der Waals surface area contributed by atoms with Crippen molar-refractivity contribution in [3.05, 3.63) is 39.9 Å². The second-order valence-corrected chi connectivity index (χ2v) is 2.78. The topological polar surface area (TPSA) is 55.2 Å². The van der Waals surface area contributed by atoms with Gasteiger partial charge >= 0.3 is 0 Å². The third kappa shape index (κ3) is 5.12. The third-order valence-corrected chi connectivity index (χ3v) is 1.81. The van der Waals surface area contributed by atoms with Crippen LogP contribution in [0.2, 0.25) is 0 Å². The zero-order valence-electron chi connectivity index (χ0n) is 9.49. The first-order valence-electron chi connectivity index (χ1n) is 5.12. The van der Waals surface area contributed by atoms with Crippen molar-refractivity contribution in [1.82, 2.24) is 5.32 Å². The minimum atomic E-state index is -0.387. The minimum Gasteiger partial charge on any atom is -0.319 e. The molecular weight excluding hydrogens is 192 g/mol. The van der Waals surface area contributed by atoms with Crippen LogP contribution in [0.5, 0.6) is 0 Å². The van der Waals surface area contributed by atoms with E-state index in [9.17, 15) is 10.1 Å². The van der Waals surface area contributed by atoms with Gasteiger partial charge in [0.25, 0.3) is 5.69 Å². The highest BCUT2D eigenvalue weighted by atomic mass is 16.6. The number of nitrogens with zero attached hydrogens (tertiary/aromatic N) is 1. The molecule has 1 rings (SSSR count). The Morgan fingerprint density at radius 3 is 2.20 bits per heavy atom. The van der Waals surface area contributed by atoms with Crippen LogP contribution in [0, 0.1) is 10.1 Å². The van der Waals surface area contributed by atoms with E-state index in [1.807, 2.05) is 20.9 Å². The average Bonchev–Trinajstić information content (AvgIpc) is 2.29. The molecule has 0 amide bonds. The fourth-order valence-corrected chi connectivity index (χ4v) is 1.05. The van der Waals surface area contributed by atoms with Crippen molar-refractivity contribution >= 4 is 5.69 Å². The molecule has 0 unspecified atom stereocenters. The number of non-ortho nitro benzene ring substituents is 1. The number of rotatable bonds is 4. The van der Waals surface area contributed by atoms with Crippen molar-refractivity contribution in [3.63, 3.8) is 0 Å². The number of nitro groups is 1. The highest BCUT2D eigenvalue weighted by molar-refractivity contribution is 5.32. The number of nitro benzene ring substituents is 1. The van der Waals surface area contributed by atoms with Crippen molar-refractivity contribution in [3.8, 4) is 0 Å². The van der Waals surface area contributed by atoms with Crippen LogP contribution in [0.1, 0.15) is 19.4 Å². The largest absolute Gasteiger partial charge is 0.319 e. The summed E-state index contributed by atoms with van der Waals surface area (Å²) in [4.78, 5) is 9.93. The van der Waals surface area contributed by atoms with Gasteiger partial charge in [0, 0.05) is 12.1 Å². The Kier molecular flexibility index (Phi) is 7.18. The molecule has 15 heavy (non-hydrogen) atoms. The zero-order chi connectivity index (χ0) is 11.7. The van der Waals surface area contributed by atoms with E-state index in [0.717, 1.165) is 18.5 Å². The Labute approximate surface area is 90.5 Å². The van der Waals surface area contributed by atoms with Crippen molar-refractivity contribution in [2.45, 2.75) is 20.3 Å². The molecule has 0 heterocycles. The Bertz CT molecular complexity index is 283. The smallest absolute Gasteiger partial charge is 0.269 e. The molecule has 4 heteroatoms. The van der Waals surface area contributed by atoms with Gasteiger partial charge in [0.15, 0.2) is 0 Å². The van der Waals surface area contributed by atoms with Crippen molar-refractivity contribution in [2.24, 2.45) is 0 Å².